The molecule has 0 spiro atoms. The molecule has 5 nitrogen and oxygen atoms in total. The van der Waals surface area contributed by atoms with Gasteiger partial charge in [-0.05, 0) is 25.5 Å². The minimum absolute atomic E-state index is 0.315. The van der Waals surface area contributed by atoms with Crippen LogP contribution < -0.4 is 5.32 Å². The van der Waals surface area contributed by atoms with Crippen LogP contribution in [0, 0.1) is 0 Å². The first-order chi connectivity index (χ1) is 10.3. The van der Waals surface area contributed by atoms with Gasteiger partial charge >= 0.3 is 0 Å². The lowest BCUT2D eigenvalue weighted by Crippen LogP contribution is -2.46. The zero-order chi connectivity index (χ0) is 14.5. The first kappa shape index (κ1) is 15.0. The van der Waals surface area contributed by atoms with Crippen molar-refractivity contribution in [2.24, 2.45) is 0 Å². The summed E-state index contributed by atoms with van der Waals surface area (Å²) in [6, 6.07) is 2.78. The minimum atomic E-state index is 0.315. The van der Waals surface area contributed by atoms with Gasteiger partial charge in [-0.1, -0.05) is 19.8 Å². The van der Waals surface area contributed by atoms with E-state index in [2.05, 4.69) is 34.1 Å². The molecule has 1 aromatic rings. The number of morpholine rings is 1. The third kappa shape index (κ3) is 4.05. The quantitative estimate of drug-likeness (QED) is 0.868. The van der Waals surface area contributed by atoms with Crippen molar-refractivity contribution >= 4 is 0 Å². The molecule has 5 heteroatoms. The van der Waals surface area contributed by atoms with Crippen molar-refractivity contribution in [1.82, 2.24) is 20.0 Å². The van der Waals surface area contributed by atoms with E-state index >= 15 is 0 Å². The summed E-state index contributed by atoms with van der Waals surface area (Å²) in [5.41, 5.74) is 1.14. The maximum atomic E-state index is 5.80. The maximum absolute atomic E-state index is 5.80. The zero-order valence-corrected chi connectivity index (χ0v) is 13.1. The third-order valence-corrected chi connectivity index (χ3v) is 4.71. The topological polar surface area (TPSA) is 42.3 Å². The average Bonchev–Trinajstić information content (AvgIpc) is 3.18. The Balaban J connectivity index is 1.41. The lowest BCUT2D eigenvalue weighted by molar-refractivity contribution is -0.0254. The summed E-state index contributed by atoms with van der Waals surface area (Å²) in [5.74, 6) is 0. The number of nitrogens with one attached hydrogen (secondary N) is 1. The van der Waals surface area contributed by atoms with Gasteiger partial charge in [-0.15, -0.1) is 0 Å². The number of hydrogen-bond acceptors (Lipinski definition) is 4. The van der Waals surface area contributed by atoms with E-state index < -0.39 is 0 Å². The van der Waals surface area contributed by atoms with Crippen molar-refractivity contribution in [3.05, 3.63) is 18.0 Å². The number of nitrogens with zero attached hydrogens (tertiary/aromatic N) is 3. The van der Waals surface area contributed by atoms with Crippen LogP contribution >= 0.6 is 0 Å². The Morgan fingerprint density at radius 1 is 1.38 bits per heavy atom. The number of rotatable bonds is 6. The van der Waals surface area contributed by atoms with Gasteiger partial charge in [0.2, 0.25) is 0 Å². The van der Waals surface area contributed by atoms with Gasteiger partial charge in [-0.25, -0.2) is 0 Å². The highest BCUT2D eigenvalue weighted by Gasteiger charge is 2.19. The molecule has 1 aromatic heterocycles. The van der Waals surface area contributed by atoms with E-state index in [0.29, 0.717) is 12.1 Å². The molecule has 1 aliphatic carbocycles. The standard InChI is InChI=1S/C16H28N4O/c1-2-19-9-10-21-16(13-19)12-17-11-14-7-8-20(18-14)15-5-3-4-6-15/h7-8,15-17H,2-6,9-13H2,1H3. The predicted molar refractivity (Wildman–Crippen MR) is 83.3 cm³/mol. The molecular formula is C16H28N4O. The lowest BCUT2D eigenvalue weighted by atomic mass is 10.2. The highest BCUT2D eigenvalue weighted by Crippen LogP contribution is 2.28. The van der Waals surface area contributed by atoms with Crippen LogP contribution in [0.2, 0.25) is 0 Å². The second kappa shape index (κ2) is 7.38. The largest absolute Gasteiger partial charge is 0.374 e. The number of likely N-dealkylation sites (N-methyl/N-ethyl adjacent to an activating group) is 1. The summed E-state index contributed by atoms with van der Waals surface area (Å²) in [6.07, 6.45) is 7.74. The van der Waals surface area contributed by atoms with Crippen LogP contribution in [0.4, 0.5) is 0 Å². The molecule has 118 valence electrons. The van der Waals surface area contributed by atoms with Crippen LogP contribution in [0.3, 0.4) is 0 Å². The summed E-state index contributed by atoms with van der Waals surface area (Å²) in [7, 11) is 0. The van der Waals surface area contributed by atoms with Crippen LogP contribution in [0.15, 0.2) is 12.3 Å². The molecule has 2 heterocycles. The molecule has 2 aliphatic rings. The van der Waals surface area contributed by atoms with Gasteiger partial charge < -0.3 is 10.1 Å². The van der Waals surface area contributed by atoms with Gasteiger partial charge in [0.25, 0.3) is 0 Å². The normalized spacial score (nSPS) is 24.7. The van der Waals surface area contributed by atoms with Gasteiger partial charge in [-0.3, -0.25) is 9.58 Å². The van der Waals surface area contributed by atoms with Crippen molar-refractivity contribution in [2.45, 2.75) is 51.3 Å². The molecule has 3 rings (SSSR count). The van der Waals surface area contributed by atoms with Gasteiger partial charge in [0.1, 0.15) is 0 Å². The van der Waals surface area contributed by atoms with Crippen LogP contribution in [-0.4, -0.2) is 53.6 Å². The minimum Gasteiger partial charge on any atom is -0.374 e. The number of hydrogen-bond donors (Lipinski definition) is 1. The van der Waals surface area contributed by atoms with Gasteiger partial charge in [0, 0.05) is 32.4 Å². The monoisotopic (exact) mass is 292 g/mol. The van der Waals surface area contributed by atoms with Crippen molar-refractivity contribution in [2.75, 3.05) is 32.8 Å². The van der Waals surface area contributed by atoms with E-state index in [0.717, 1.165) is 45.0 Å². The molecule has 1 saturated carbocycles. The summed E-state index contributed by atoms with van der Waals surface area (Å²) < 4.78 is 7.97. The van der Waals surface area contributed by atoms with Gasteiger partial charge in [0.15, 0.2) is 0 Å². The third-order valence-electron chi connectivity index (χ3n) is 4.71. The van der Waals surface area contributed by atoms with E-state index in [-0.39, 0.29) is 0 Å². The summed E-state index contributed by atoms with van der Waals surface area (Å²) in [4.78, 5) is 2.45. The molecule has 0 radical (unpaired) electrons. The lowest BCUT2D eigenvalue weighted by Gasteiger charge is -2.32. The van der Waals surface area contributed by atoms with Crippen LogP contribution in [0.5, 0.6) is 0 Å². The van der Waals surface area contributed by atoms with E-state index in [1.807, 2.05) is 0 Å². The Morgan fingerprint density at radius 2 is 2.24 bits per heavy atom. The van der Waals surface area contributed by atoms with Crippen LogP contribution in [0.1, 0.15) is 44.3 Å². The van der Waals surface area contributed by atoms with Crippen molar-refractivity contribution in [3.8, 4) is 0 Å². The zero-order valence-electron chi connectivity index (χ0n) is 13.1. The Bertz CT molecular complexity index is 428. The van der Waals surface area contributed by atoms with E-state index in [9.17, 15) is 0 Å². The summed E-state index contributed by atoms with van der Waals surface area (Å²) in [6.45, 7) is 8.05. The number of ether oxygens (including phenoxy) is 1. The molecule has 0 aromatic carbocycles. The van der Waals surface area contributed by atoms with Crippen molar-refractivity contribution in [3.63, 3.8) is 0 Å². The number of aromatic nitrogens is 2. The molecule has 0 amide bonds. The van der Waals surface area contributed by atoms with Gasteiger partial charge in [0.05, 0.1) is 24.4 Å². The van der Waals surface area contributed by atoms with Crippen molar-refractivity contribution in [1.29, 1.82) is 0 Å². The fourth-order valence-corrected chi connectivity index (χ4v) is 3.40. The molecule has 1 saturated heterocycles. The maximum Gasteiger partial charge on any atom is 0.0826 e. The molecule has 0 bridgehead atoms. The van der Waals surface area contributed by atoms with Crippen LogP contribution in [-0.2, 0) is 11.3 Å². The van der Waals surface area contributed by atoms with Gasteiger partial charge in [-0.2, -0.15) is 5.10 Å². The molecule has 1 N–H and O–H groups in total. The Labute approximate surface area is 127 Å². The van der Waals surface area contributed by atoms with E-state index in [1.54, 1.807) is 0 Å². The SMILES string of the molecule is CCN1CCOC(CNCc2ccn(C3CCCC3)n2)C1. The molecule has 1 aliphatic heterocycles. The summed E-state index contributed by atoms with van der Waals surface area (Å²) >= 11 is 0. The highest BCUT2D eigenvalue weighted by atomic mass is 16.5. The second-order valence-corrected chi connectivity index (χ2v) is 6.24. The first-order valence-corrected chi connectivity index (χ1v) is 8.44. The average molecular weight is 292 g/mol. The first-order valence-electron chi connectivity index (χ1n) is 8.44. The molecule has 21 heavy (non-hydrogen) atoms. The molecule has 2 fully saturated rings. The molecule has 1 unspecified atom stereocenters. The van der Waals surface area contributed by atoms with Crippen LogP contribution in [0.25, 0.3) is 0 Å². The van der Waals surface area contributed by atoms with Crippen molar-refractivity contribution < 1.29 is 4.74 Å². The van der Waals surface area contributed by atoms with E-state index in [1.165, 1.54) is 25.7 Å². The smallest absolute Gasteiger partial charge is 0.0826 e. The Morgan fingerprint density at radius 3 is 3.05 bits per heavy atom. The Kier molecular flexibility index (Phi) is 5.27. The summed E-state index contributed by atoms with van der Waals surface area (Å²) in [5, 5.41) is 8.20. The fourth-order valence-electron chi connectivity index (χ4n) is 3.40. The second-order valence-electron chi connectivity index (χ2n) is 6.24. The Hall–Kier alpha value is -0.910. The van der Waals surface area contributed by atoms with E-state index in [4.69, 9.17) is 9.84 Å². The fraction of sp³-hybridized carbons (Fsp3) is 0.812. The predicted octanol–water partition coefficient (Wildman–Crippen LogP) is 1.81. The highest BCUT2D eigenvalue weighted by molar-refractivity contribution is 5.00. The molecule has 1 atom stereocenters. The molecular weight excluding hydrogens is 264 g/mol.